The molecule has 2 rings (SSSR count). The Morgan fingerprint density at radius 2 is 1.75 bits per heavy atom. The molecule has 0 saturated carbocycles. The van der Waals surface area contributed by atoms with E-state index in [1.165, 1.54) is 6.08 Å². The summed E-state index contributed by atoms with van der Waals surface area (Å²) >= 11 is 0. The number of hydrogen-bond acceptors (Lipinski definition) is 2. The number of carbonyl (C=O) groups excluding carboxylic acids is 2. The Bertz CT molecular complexity index is 299. The highest BCUT2D eigenvalue weighted by Gasteiger charge is 2.44. The molecule has 62 valence electrons. The predicted octanol–water partition coefficient (Wildman–Crippen LogP) is 1.42. The van der Waals surface area contributed by atoms with Crippen LogP contribution in [0.25, 0.3) is 0 Å². The van der Waals surface area contributed by atoms with Crippen molar-refractivity contribution >= 4 is 11.6 Å². The number of allylic oxidation sites excluding steroid dienone is 4. The molecule has 2 nitrogen and oxygen atoms in total. The van der Waals surface area contributed by atoms with Crippen LogP contribution in [0.15, 0.2) is 24.3 Å². The summed E-state index contributed by atoms with van der Waals surface area (Å²) in [6.07, 6.45) is 8.88. The molecule has 2 aliphatic rings. The van der Waals surface area contributed by atoms with E-state index in [1.54, 1.807) is 12.2 Å². The predicted molar refractivity (Wildman–Crippen MR) is 44.6 cm³/mol. The molecule has 1 spiro atoms. The highest BCUT2D eigenvalue weighted by atomic mass is 16.2. The normalized spacial score (nSPS) is 33.7. The topological polar surface area (TPSA) is 34.1 Å². The minimum absolute atomic E-state index is 0.00292. The van der Waals surface area contributed by atoms with E-state index in [9.17, 15) is 9.59 Å². The molecule has 0 amide bonds. The Labute approximate surface area is 71.0 Å². The van der Waals surface area contributed by atoms with Gasteiger partial charge in [0.2, 0.25) is 0 Å². The van der Waals surface area contributed by atoms with E-state index in [2.05, 4.69) is 0 Å². The van der Waals surface area contributed by atoms with E-state index in [0.717, 1.165) is 6.42 Å². The lowest BCUT2D eigenvalue weighted by atomic mass is 9.73. The molecule has 12 heavy (non-hydrogen) atoms. The van der Waals surface area contributed by atoms with E-state index in [-0.39, 0.29) is 11.6 Å². The number of hydrogen-bond donors (Lipinski definition) is 0. The molecule has 0 radical (unpaired) electrons. The van der Waals surface area contributed by atoms with E-state index in [1.807, 2.05) is 6.08 Å². The average molecular weight is 162 g/mol. The van der Waals surface area contributed by atoms with Crippen LogP contribution in [0.1, 0.15) is 19.3 Å². The fourth-order valence-electron chi connectivity index (χ4n) is 1.88. The molecule has 0 fully saturated rings. The summed E-state index contributed by atoms with van der Waals surface area (Å²) in [5, 5.41) is 0. The van der Waals surface area contributed by atoms with Gasteiger partial charge in [0.15, 0.2) is 11.6 Å². The maximum atomic E-state index is 11.5. The van der Waals surface area contributed by atoms with E-state index >= 15 is 0 Å². The number of carbonyl (C=O) groups is 2. The van der Waals surface area contributed by atoms with Crippen LogP contribution in [-0.4, -0.2) is 11.6 Å². The number of rotatable bonds is 0. The monoisotopic (exact) mass is 162 g/mol. The van der Waals surface area contributed by atoms with Crippen LogP contribution in [0, 0.1) is 5.41 Å². The van der Waals surface area contributed by atoms with Crippen molar-refractivity contribution in [3.63, 3.8) is 0 Å². The number of ketones is 2. The van der Waals surface area contributed by atoms with Crippen LogP contribution in [0.3, 0.4) is 0 Å². The van der Waals surface area contributed by atoms with Crippen molar-refractivity contribution in [3.8, 4) is 0 Å². The highest BCUT2D eigenvalue weighted by molar-refractivity contribution is 6.17. The van der Waals surface area contributed by atoms with Crippen molar-refractivity contribution in [1.82, 2.24) is 0 Å². The first-order valence-electron chi connectivity index (χ1n) is 4.18. The first-order chi connectivity index (χ1) is 5.76. The van der Waals surface area contributed by atoms with Gasteiger partial charge < -0.3 is 0 Å². The van der Waals surface area contributed by atoms with Gasteiger partial charge in [-0.2, -0.15) is 0 Å². The molecular weight excluding hydrogens is 152 g/mol. The van der Waals surface area contributed by atoms with Crippen molar-refractivity contribution in [2.45, 2.75) is 19.3 Å². The molecule has 1 atom stereocenters. The highest BCUT2D eigenvalue weighted by Crippen LogP contribution is 2.38. The van der Waals surface area contributed by atoms with Crippen molar-refractivity contribution in [1.29, 1.82) is 0 Å². The van der Waals surface area contributed by atoms with Crippen molar-refractivity contribution < 1.29 is 9.59 Å². The van der Waals surface area contributed by atoms with E-state index in [4.69, 9.17) is 0 Å². The summed E-state index contributed by atoms with van der Waals surface area (Å²) in [7, 11) is 0. The first kappa shape index (κ1) is 7.47. The fourth-order valence-corrected chi connectivity index (χ4v) is 1.88. The summed E-state index contributed by atoms with van der Waals surface area (Å²) in [5.74, 6) is -0.0133. The van der Waals surface area contributed by atoms with Crippen LogP contribution in [0.4, 0.5) is 0 Å². The van der Waals surface area contributed by atoms with Crippen molar-refractivity contribution in [2.75, 3.05) is 0 Å². The second-order valence-electron chi connectivity index (χ2n) is 3.36. The third-order valence-electron chi connectivity index (χ3n) is 2.69. The molecule has 0 heterocycles. The van der Waals surface area contributed by atoms with Crippen molar-refractivity contribution in [2.24, 2.45) is 5.41 Å². The Hall–Kier alpha value is -1.18. The fraction of sp³-hybridized carbons (Fsp3) is 0.400. The molecule has 0 aromatic rings. The van der Waals surface area contributed by atoms with Crippen LogP contribution < -0.4 is 0 Å². The molecule has 2 heteroatoms. The molecule has 0 saturated heterocycles. The van der Waals surface area contributed by atoms with E-state index < -0.39 is 5.41 Å². The third kappa shape index (κ3) is 0.809. The molecule has 0 aromatic heterocycles. The minimum atomic E-state index is -0.686. The molecule has 0 N–H and O–H groups in total. The quantitative estimate of drug-likeness (QED) is 0.505. The van der Waals surface area contributed by atoms with Gasteiger partial charge in [0.1, 0.15) is 0 Å². The average Bonchev–Trinajstić information content (AvgIpc) is 2.41. The second-order valence-corrected chi connectivity index (χ2v) is 3.36. The van der Waals surface area contributed by atoms with Gasteiger partial charge in [-0.1, -0.05) is 12.2 Å². The largest absolute Gasteiger partial charge is 0.294 e. The summed E-state index contributed by atoms with van der Waals surface area (Å²) in [5.41, 5.74) is -0.686. The lowest BCUT2D eigenvalue weighted by molar-refractivity contribution is -0.135. The van der Waals surface area contributed by atoms with Gasteiger partial charge in [-0.3, -0.25) is 9.59 Å². The summed E-state index contributed by atoms with van der Waals surface area (Å²) in [6, 6.07) is 0. The Morgan fingerprint density at radius 3 is 2.25 bits per heavy atom. The lowest BCUT2D eigenvalue weighted by Gasteiger charge is -2.26. The van der Waals surface area contributed by atoms with E-state index in [0.29, 0.717) is 12.8 Å². The smallest absolute Gasteiger partial charge is 0.169 e. The first-order valence-corrected chi connectivity index (χ1v) is 4.18. The SMILES string of the molecule is O=C1C=CCCC12CC=CC2=O. The van der Waals surface area contributed by atoms with Gasteiger partial charge in [0.05, 0.1) is 5.41 Å². The molecule has 1 unspecified atom stereocenters. The maximum Gasteiger partial charge on any atom is 0.169 e. The van der Waals surface area contributed by atoms with Gasteiger partial charge in [-0.25, -0.2) is 0 Å². The van der Waals surface area contributed by atoms with Crippen LogP contribution in [0.2, 0.25) is 0 Å². The van der Waals surface area contributed by atoms with Gasteiger partial charge in [0.25, 0.3) is 0 Å². The maximum absolute atomic E-state index is 11.5. The van der Waals surface area contributed by atoms with Gasteiger partial charge in [-0.05, 0) is 31.4 Å². The molecule has 0 aliphatic heterocycles. The Kier molecular flexibility index (Phi) is 1.50. The second kappa shape index (κ2) is 2.41. The molecule has 2 aliphatic carbocycles. The van der Waals surface area contributed by atoms with Gasteiger partial charge in [-0.15, -0.1) is 0 Å². The molecule has 0 bridgehead atoms. The third-order valence-corrected chi connectivity index (χ3v) is 2.69. The zero-order valence-corrected chi connectivity index (χ0v) is 6.75. The van der Waals surface area contributed by atoms with Crippen molar-refractivity contribution in [3.05, 3.63) is 24.3 Å². The van der Waals surface area contributed by atoms with Gasteiger partial charge >= 0.3 is 0 Å². The minimum Gasteiger partial charge on any atom is -0.294 e. The zero-order valence-electron chi connectivity index (χ0n) is 6.75. The van der Waals surface area contributed by atoms with Crippen LogP contribution in [0.5, 0.6) is 0 Å². The summed E-state index contributed by atoms with van der Waals surface area (Å²) < 4.78 is 0. The standard InChI is InChI=1S/C10H10O2/c11-8-4-1-2-6-10(8)7-3-5-9(10)12/h1,3-5H,2,6-7H2. The Morgan fingerprint density at radius 1 is 1.08 bits per heavy atom. The molecular formula is C10H10O2. The Balaban J connectivity index is 2.38. The summed E-state index contributed by atoms with van der Waals surface area (Å²) in [6.45, 7) is 0. The van der Waals surface area contributed by atoms with Crippen LogP contribution >= 0.6 is 0 Å². The van der Waals surface area contributed by atoms with Gasteiger partial charge in [0, 0.05) is 0 Å². The van der Waals surface area contributed by atoms with Crippen LogP contribution in [-0.2, 0) is 9.59 Å². The zero-order chi connectivity index (χ0) is 8.60. The summed E-state index contributed by atoms with van der Waals surface area (Å²) in [4.78, 5) is 22.9. The molecule has 0 aromatic carbocycles. The lowest BCUT2D eigenvalue weighted by Crippen LogP contribution is -2.36.